The summed E-state index contributed by atoms with van der Waals surface area (Å²) in [5, 5.41) is 6.02. The van der Waals surface area contributed by atoms with Crippen LogP contribution in [0.25, 0.3) is 0 Å². The standard InChI is InChI=1S/C14H18N4O3/c1-21-11-10(4-2-7-16-11)8-18-12(19)14(17-13(18)20)5-3-6-15-9-14/h2,4,7,15H,3,5-6,8-9H2,1H3,(H,17,20). The second-order valence-electron chi connectivity index (χ2n) is 5.36. The third kappa shape index (κ3) is 2.33. The number of nitrogens with one attached hydrogen (secondary N) is 2. The van der Waals surface area contributed by atoms with Gasteiger partial charge in [-0.15, -0.1) is 0 Å². The van der Waals surface area contributed by atoms with Crippen LogP contribution in [0.2, 0.25) is 0 Å². The van der Waals surface area contributed by atoms with Gasteiger partial charge in [-0.05, 0) is 25.5 Å². The first-order chi connectivity index (χ1) is 10.2. The normalized spacial score (nSPS) is 25.3. The van der Waals surface area contributed by atoms with Gasteiger partial charge < -0.3 is 15.4 Å². The summed E-state index contributed by atoms with van der Waals surface area (Å²) < 4.78 is 5.17. The van der Waals surface area contributed by atoms with E-state index >= 15 is 0 Å². The lowest BCUT2D eigenvalue weighted by molar-refractivity contribution is -0.132. The average Bonchev–Trinajstić information content (AvgIpc) is 2.73. The van der Waals surface area contributed by atoms with Crippen molar-refractivity contribution in [1.82, 2.24) is 20.5 Å². The van der Waals surface area contributed by atoms with Gasteiger partial charge >= 0.3 is 6.03 Å². The molecule has 3 rings (SSSR count). The quantitative estimate of drug-likeness (QED) is 0.780. The summed E-state index contributed by atoms with van der Waals surface area (Å²) in [4.78, 5) is 30.1. The molecule has 2 N–H and O–H groups in total. The maximum Gasteiger partial charge on any atom is 0.325 e. The number of ether oxygens (including phenoxy) is 1. The molecule has 0 aliphatic carbocycles. The van der Waals surface area contributed by atoms with E-state index in [-0.39, 0.29) is 18.5 Å². The summed E-state index contributed by atoms with van der Waals surface area (Å²) >= 11 is 0. The minimum Gasteiger partial charge on any atom is -0.481 e. The molecule has 2 aliphatic rings. The van der Waals surface area contributed by atoms with E-state index in [1.54, 1.807) is 18.3 Å². The van der Waals surface area contributed by atoms with Crippen LogP contribution in [0.4, 0.5) is 4.79 Å². The fourth-order valence-corrected chi connectivity index (χ4v) is 2.91. The highest BCUT2D eigenvalue weighted by atomic mass is 16.5. The Morgan fingerprint density at radius 1 is 1.48 bits per heavy atom. The van der Waals surface area contributed by atoms with Crippen LogP contribution in [0.3, 0.4) is 0 Å². The van der Waals surface area contributed by atoms with Gasteiger partial charge in [0.15, 0.2) is 0 Å². The molecule has 2 saturated heterocycles. The van der Waals surface area contributed by atoms with Gasteiger partial charge in [0.25, 0.3) is 5.91 Å². The molecule has 0 saturated carbocycles. The van der Waals surface area contributed by atoms with Crippen molar-refractivity contribution in [3.63, 3.8) is 0 Å². The van der Waals surface area contributed by atoms with Crippen LogP contribution in [0.15, 0.2) is 18.3 Å². The Labute approximate surface area is 122 Å². The first-order valence-corrected chi connectivity index (χ1v) is 6.99. The first kappa shape index (κ1) is 13.8. The van der Waals surface area contributed by atoms with Crippen LogP contribution in [0.1, 0.15) is 18.4 Å². The molecule has 2 aliphatic heterocycles. The number of pyridine rings is 1. The number of amides is 3. The Morgan fingerprint density at radius 2 is 2.33 bits per heavy atom. The Morgan fingerprint density at radius 3 is 3.05 bits per heavy atom. The van der Waals surface area contributed by atoms with Gasteiger partial charge in [-0.25, -0.2) is 9.78 Å². The molecule has 1 aromatic heterocycles. The summed E-state index contributed by atoms with van der Waals surface area (Å²) in [7, 11) is 1.52. The van der Waals surface area contributed by atoms with Gasteiger partial charge in [-0.1, -0.05) is 6.07 Å². The monoisotopic (exact) mass is 290 g/mol. The molecule has 3 amide bonds. The van der Waals surface area contributed by atoms with Crippen molar-refractivity contribution in [2.75, 3.05) is 20.2 Å². The van der Waals surface area contributed by atoms with E-state index in [4.69, 9.17) is 4.74 Å². The zero-order valence-electron chi connectivity index (χ0n) is 11.9. The predicted molar refractivity (Wildman–Crippen MR) is 74.7 cm³/mol. The third-order valence-corrected chi connectivity index (χ3v) is 4.00. The minimum atomic E-state index is -0.787. The van der Waals surface area contributed by atoms with Gasteiger partial charge in [-0.2, -0.15) is 0 Å². The summed E-state index contributed by atoms with van der Waals surface area (Å²) in [6.45, 7) is 1.53. The topological polar surface area (TPSA) is 83.6 Å². The average molecular weight is 290 g/mol. The van der Waals surface area contributed by atoms with Crippen LogP contribution >= 0.6 is 0 Å². The zero-order chi connectivity index (χ0) is 14.9. The molecule has 0 bridgehead atoms. The maximum atomic E-state index is 12.6. The third-order valence-electron chi connectivity index (χ3n) is 4.00. The van der Waals surface area contributed by atoms with Crippen LogP contribution in [0.5, 0.6) is 5.88 Å². The number of carbonyl (C=O) groups excluding carboxylic acids is 2. The lowest BCUT2D eigenvalue weighted by atomic mass is 9.90. The highest BCUT2D eigenvalue weighted by Crippen LogP contribution is 2.27. The molecular formula is C14H18N4O3. The van der Waals surface area contributed by atoms with Crippen LogP contribution in [0, 0.1) is 0 Å². The van der Waals surface area contributed by atoms with E-state index in [0.717, 1.165) is 13.0 Å². The number of carbonyl (C=O) groups is 2. The lowest BCUT2D eigenvalue weighted by Gasteiger charge is -2.31. The number of nitrogens with zero attached hydrogens (tertiary/aromatic N) is 2. The molecule has 3 heterocycles. The SMILES string of the molecule is COc1ncccc1CN1C(=O)NC2(CCCNC2)C1=O. The number of urea groups is 1. The second kappa shape index (κ2) is 5.33. The van der Waals surface area contributed by atoms with Crippen molar-refractivity contribution >= 4 is 11.9 Å². The smallest absolute Gasteiger partial charge is 0.325 e. The molecule has 112 valence electrons. The Balaban J connectivity index is 1.82. The molecule has 7 nitrogen and oxygen atoms in total. The summed E-state index contributed by atoms with van der Waals surface area (Å²) in [5.74, 6) is 0.256. The van der Waals surface area contributed by atoms with Gasteiger partial charge in [0, 0.05) is 18.3 Å². The van der Waals surface area contributed by atoms with Crippen molar-refractivity contribution in [2.24, 2.45) is 0 Å². The molecule has 7 heteroatoms. The fraction of sp³-hybridized carbons (Fsp3) is 0.500. The molecule has 1 spiro atoms. The van der Waals surface area contributed by atoms with Crippen LogP contribution < -0.4 is 15.4 Å². The molecule has 21 heavy (non-hydrogen) atoms. The zero-order valence-corrected chi connectivity index (χ0v) is 11.9. The Hall–Kier alpha value is -2.15. The Bertz CT molecular complexity index is 569. The number of piperidine rings is 1. The van der Waals surface area contributed by atoms with E-state index in [2.05, 4.69) is 15.6 Å². The van der Waals surface area contributed by atoms with Crippen molar-refractivity contribution < 1.29 is 14.3 Å². The predicted octanol–water partition coefficient (Wildman–Crippen LogP) is 0.264. The number of hydrogen-bond donors (Lipinski definition) is 2. The fourth-order valence-electron chi connectivity index (χ4n) is 2.91. The lowest BCUT2D eigenvalue weighted by Crippen LogP contribution is -2.57. The molecule has 2 fully saturated rings. The summed E-state index contributed by atoms with van der Waals surface area (Å²) in [6.07, 6.45) is 3.15. The van der Waals surface area contributed by atoms with E-state index in [0.29, 0.717) is 24.4 Å². The highest BCUT2D eigenvalue weighted by molar-refractivity contribution is 6.07. The van der Waals surface area contributed by atoms with Gasteiger partial charge in [0.1, 0.15) is 5.54 Å². The molecule has 0 aromatic carbocycles. The van der Waals surface area contributed by atoms with E-state index in [1.165, 1.54) is 12.0 Å². The molecule has 0 radical (unpaired) electrons. The molecule has 1 unspecified atom stereocenters. The van der Waals surface area contributed by atoms with E-state index in [9.17, 15) is 9.59 Å². The van der Waals surface area contributed by atoms with Crippen LogP contribution in [-0.2, 0) is 11.3 Å². The molecule has 1 atom stereocenters. The number of imide groups is 1. The molecular weight excluding hydrogens is 272 g/mol. The van der Waals surface area contributed by atoms with Crippen molar-refractivity contribution in [3.05, 3.63) is 23.9 Å². The Kier molecular flexibility index (Phi) is 3.50. The van der Waals surface area contributed by atoms with Gasteiger partial charge in [-0.3, -0.25) is 9.69 Å². The van der Waals surface area contributed by atoms with Crippen molar-refractivity contribution in [2.45, 2.75) is 24.9 Å². The number of rotatable bonds is 3. The largest absolute Gasteiger partial charge is 0.481 e. The summed E-state index contributed by atoms with van der Waals surface area (Å²) in [5.41, 5.74) is -0.0746. The van der Waals surface area contributed by atoms with Crippen molar-refractivity contribution in [1.29, 1.82) is 0 Å². The maximum absolute atomic E-state index is 12.6. The van der Waals surface area contributed by atoms with E-state index < -0.39 is 5.54 Å². The number of hydrogen-bond acceptors (Lipinski definition) is 5. The highest BCUT2D eigenvalue weighted by Gasteiger charge is 2.51. The van der Waals surface area contributed by atoms with Crippen molar-refractivity contribution in [3.8, 4) is 5.88 Å². The number of methoxy groups -OCH3 is 1. The first-order valence-electron chi connectivity index (χ1n) is 6.99. The summed E-state index contributed by atoms with van der Waals surface area (Å²) in [6, 6.07) is 3.21. The molecule has 1 aromatic rings. The number of aromatic nitrogens is 1. The van der Waals surface area contributed by atoms with Gasteiger partial charge in [0.05, 0.1) is 13.7 Å². The van der Waals surface area contributed by atoms with Gasteiger partial charge in [0.2, 0.25) is 5.88 Å². The van der Waals surface area contributed by atoms with Crippen LogP contribution in [-0.4, -0.2) is 47.6 Å². The minimum absolute atomic E-state index is 0.170. The second-order valence-corrected chi connectivity index (χ2v) is 5.36. The van der Waals surface area contributed by atoms with E-state index in [1.807, 2.05) is 0 Å².